The Labute approximate surface area is 112 Å². The molecule has 1 fully saturated rings. The molecule has 3 N–H and O–H groups in total. The largest absolute Gasteiger partial charge is 0.480 e. The number of hydrogen-bond acceptors (Lipinski definition) is 5. The van der Waals surface area contributed by atoms with Crippen molar-refractivity contribution in [3.05, 3.63) is 0 Å². The zero-order valence-corrected chi connectivity index (χ0v) is 11.7. The maximum Gasteiger partial charge on any atom is 0.323 e. The van der Waals surface area contributed by atoms with E-state index in [0.717, 1.165) is 4.90 Å². The molecule has 0 aromatic rings. The third-order valence-electron chi connectivity index (χ3n) is 3.09. The van der Waals surface area contributed by atoms with Crippen molar-refractivity contribution in [2.45, 2.75) is 38.3 Å². The number of aliphatic carboxylic acids is 1. The fraction of sp³-hybridized carbons (Fsp3) is 0.818. The molecule has 0 aromatic heterocycles. The first-order valence-corrected chi connectivity index (χ1v) is 8.00. The summed E-state index contributed by atoms with van der Waals surface area (Å²) in [6.07, 6.45) is 0.898. The first-order chi connectivity index (χ1) is 8.71. The van der Waals surface area contributed by atoms with Gasteiger partial charge in [0.05, 0.1) is 11.5 Å². The molecule has 0 aliphatic carbocycles. The molecule has 0 saturated carbocycles. The average molecular weight is 292 g/mol. The number of rotatable bonds is 6. The second kappa shape index (κ2) is 6.33. The number of carboxylic acid groups (broad SMARTS) is 1. The zero-order chi connectivity index (χ0) is 14.6. The van der Waals surface area contributed by atoms with Crippen LogP contribution in [0, 0.1) is 0 Å². The van der Waals surface area contributed by atoms with Crippen LogP contribution in [0.15, 0.2) is 0 Å². The van der Waals surface area contributed by atoms with E-state index in [4.69, 9.17) is 10.8 Å². The monoisotopic (exact) mass is 292 g/mol. The fourth-order valence-corrected chi connectivity index (χ4v) is 3.81. The lowest BCUT2D eigenvalue weighted by molar-refractivity contribution is -0.146. The lowest BCUT2D eigenvalue weighted by atomic mass is 10.1. The smallest absolute Gasteiger partial charge is 0.323 e. The molecule has 0 aromatic carbocycles. The van der Waals surface area contributed by atoms with Crippen LogP contribution in [-0.4, -0.2) is 60.4 Å². The molecule has 7 nitrogen and oxygen atoms in total. The Kier molecular flexibility index (Phi) is 5.30. The van der Waals surface area contributed by atoms with Gasteiger partial charge in [-0.25, -0.2) is 8.42 Å². The molecular formula is C11H20N2O5S. The van der Waals surface area contributed by atoms with Crippen LogP contribution in [0.1, 0.15) is 26.2 Å². The highest BCUT2D eigenvalue weighted by Crippen LogP contribution is 2.19. The van der Waals surface area contributed by atoms with E-state index in [9.17, 15) is 18.0 Å². The molecule has 2 unspecified atom stereocenters. The van der Waals surface area contributed by atoms with E-state index in [1.807, 2.05) is 0 Å². The fourth-order valence-electron chi connectivity index (χ4n) is 2.08. The number of amides is 1. The Bertz CT molecular complexity index is 446. The molecule has 1 aliphatic heterocycles. The van der Waals surface area contributed by atoms with E-state index >= 15 is 0 Å². The number of nitrogens with zero attached hydrogens (tertiary/aromatic N) is 1. The van der Waals surface area contributed by atoms with Crippen LogP contribution in [0.2, 0.25) is 0 Å². The molecule has 1 rings (SSSR count). The van der Waals surface area contributed by atoms with E-state index in [-0.39, 0.29) is 29.9 Å². The van der Waals surface area contributed by atoms with Crippen molar-refractivity contribution in [2.75, 3.05) is 18.1 Å². The number of sulfone groups is 1. The van der Waals surface area contributed by atoms with Crippen molar-refractivity contribution in [1.82, 2.24) is 4.90 Å². The van der Waals surface area contributed by atoms with Gasteiger partial charge in [0, 0.05) is 18.5 Å². The molecule has 19 heavy (non-hydrogen) atoms. The molecule has 1 saturated heterocycles. The van der Waals surface area contributed by atoms with Crippen molar-refractivity contribution in [3.63, 3.8) is 0 Å². The SMILES string of the molecule is CC(N)CCC(=O)N(CC(=O)O)C1CCS(=O)(=O)C1. The molecule has 8 heteroatoms. The number of carbonyl (C=O) groups excluding carboxylic acids is 1. The van der Waals surface area contributed by atoms with Crippen LogP contribution in [0.4, 0.5) is 0 Å². The van der Waals surface area contributed by atoms with Crippen LogP contribution in [-0.2, 0) is 19.4 Å². The molecule has 110 valence electrons. The number of nitrogens with two attached hydrogens (primary N) is 1. The van der Waals surface area contributed by atoms with Gasteiger partial charge in [-0.3, -0.25) is 9.59 Å². The predicted octanol–water partition coefficient (Wildman–Crippen LogP) is -0.786. The zero-order valence-electron chi connectivity index (χ0n) is 10.9. The van der Waals surface area contributed by atoms with Gasteiger partial charge in [-0.15, -0.1) is 0 Å². The molecule has 0 bridgehead atoms. The van der Waals surface area contributed by atoms with Crippen molar-refractivity contribution in [1.29, 1.82) is 0 Å². The quantitative estimate of drug-likeness (QED) is 0.662. The van der Waals surface area contributed by atoms with Gasteiger partial charge < -0.3 is 15.7 Å². The third-order valence-corrected chi connectivity index (χ3v) is 4.84. The first-order valence-electron chi connectivity index (χ1n) is 6.18. The Morgan fingerprint density at radius 3 is 2.53 bits per heavy atom. The molecule has 0 spiro atoms. The minimum atomic E-state index is -3.15. The van der Waals surface area contributed by atoms with E-state index < -0.39 is 28.4 Å². The summed E-state index contributed by atoms with van der Waals surface area (Å²) in [6, 6.07) is -0.676. The standard InChI is InChI=1S/C11H20N2O5S/c1-8(12)2-3-10(14)13(6-11(15)16)9-4-5-19(17,18)7-9/h8-9H,2-7,12H2,1H3,(H,15,16). The highest BCUT2D eigenvalue weighted by Gasteiger charge is 2.35. The van der Waals surface area contributed by atoms with Crippen molar-refractivity contribution >= 4 is 21.7 Å². The van der Waals surface area contributed by atoms with Crippen molar-refractivity contribution in [2.24, 2.45) is 5.73 Å². The van der Waals surface area contributed by atoms with E-state index in [1.165, 1.54) is 0 Å². The first kappa shape index (κ1) is 15.9. The van der Waals surface area contributed by atoms with Gasteiger partial charge in [0.15, 0.2) is 9.84 Å². The summed E-state index contributed by atoms with van der Waals surface area (Å²) < 4.78 is 22.8. The predicted molar refractivity (Wildman–Crippen MR) is 69.3 cm³/mol. The molecule has 2 atom stereocenters. The van der Waals surface area contributed by atoms with Gasteiger partial charge in [0.2, 0.25) is 5.91 Å². The van der Waals surface area contributed by atoms with Crippen LogP contribution in [0.3, 0.4) is 0 Å². The highest BCUT2D eigenvalue weighted by molar-refractivity contribution is 7.91. The Hall–Kier alpha value is -1.15. The Morgan fingerprint density at radius 2 is 2.11 bits per heavy atom. The van der Waals surface area contributed by atoms with Gasteiger partial charge in [-0.05, 0) is 19.8 Å². The lowest BCUT2D eigenvalue weighted by Crippen LogP contribution is -2.44. The Morgan fingerprint density at radius 1 is 1.47 bits per heavy atom. The highest BCUT2D eigenvalue weighted by atomic mass is 32.2. The van der Waals surface area contributed by atoms with Crippen molar-refractivity contribution in [3.8, 4) is 0 Å². The minimum Gasteiger partial charge on any atom is -0.480 e. The molecular weight excluding hydrogens is 272 g/mol. The van der Waals surface area contributed by atoms with Gasteiger partial charge in [-0.1, -0.05) is 0 Å². The van der Waals surface area contributed by atoms with E-state index in [0.29, 0.717) is 12.8 Å². The van der Waals surface area contributed by atoms with Gasteiger partial charge >= 0.3 is 5.97 Å². The summed E-state index contributed by atoms with van der Waals surface area (Å²) in [4.78, 5) is 24.0. The second-order valence-electron chi connectivity index (χ2n) is 4.99. The molecule has 1 heterocycles. The molecule has 0 radical (unpaired) electrons. The van der Waals surface area contributed by atoms with Crippen LogP contribution in [0.25, 0.3) is 0 Å². The maximum atomic E-state index is 12.0. The normalized spacial score (nSPS) is 22.9. The van der Waals surface area contributed by atoms with Crippen LogP contribution in [0.5, 0.6) is 0 Å². The summed E-state index contributed by atoms with van der Waals surface area (Å²) in [5.74, 6) is -1.63. The maximum absolute atomic E-state index is 12.0. The van der Waals surface area contributed by atoms with E-state index in [2.05, 4.69) is 0 Å². The summed E-state index contributed by atoms with van der Waals surface area (Å²) >= 11 is 0. The number of carboxylic acids is 1. The third kappa shape index (κ3) is 5.15. The van der Waals surface area contributed by atoms with Gasteiger partial charge in [0.1, 0.15) is 6.54 Å². The average Bonchev–Trinajstić information content (AvgIpc) is 2.62. The number of carbonyl (C=O) groups is 2. The number of hydrogen-bond donors (Lipinski definition) is 2. The summed E-state index contributed by atoms with van der Waals surface area (Å²) in [5.41, 5.74) is 5.56. The Balaban J connectivity index is 2.72. The summed E-state index contributed by atoms with van der Waals surface area (Å²) in [5, 5.41) is 8.83. The minimum absolute atomic E-state index is 0.00829. The summed E-state index contributed by atoms with van der Waals surface area (Å²) in [6.45, 7) is 1.30. The molecule has 1 amide bonds. The topological polar surface area (TPSA) is 118 Å². The molecule has 1 aliphatic rings. The summed E-state index contributed by atoms with van der Waals surface area (Å²) in [7, 11) is -3.15. The second-order valence-corrected chi connectivity index (χ2v) is 7.22. The van der Waals surface area contributed by atoms with Gasteiger partial charge in [-0.2, -0.15) is 0 Å². The van der Waals surface area contributed by atoms with Crippen LogP contribution < -0.4 is 5.73 Å². The van der Waals surface area contributed by atoms with Crippen molar-refractivity contribution < 1.29 is 23.1 Å². The van der Waals surface area contributed by atoms with E-state index in [1.54, 1.807) is 6.92 Å². The van der Waals surface area contributed by atoms with Gasteiger partial charge in [0.25, 0.3) is 0 Å². The lowest BCUT2D eigenvalue weighted by Gasteiger charge is -2.26. The van der Waals surface area contributed by atoms with Crippen LogP contribution >= 0.6 is 0 Å².